The van der Waals surface area contributed by atoms with E-state index >= 15 is 0 Å². The number of ether oxygens (including phenoxy) is 1. The molecule has 0 aliphatic carbocycles. The summed E-state index contributed by atoms with van der Waals surface area (Å²) in [6, 6.07) is 6.47. The number of nitro groups is 1. The van der Waals surface area contributed by atoms with Crippen LogP contribution in [-0.2, 0) is 16.0 Å². The number of rotatable bonds is 7. The maximum atomic E-state index is 10.7. The quantitative estimate of drug-likeness (QED) is 0.447. The van der Waals surface area contributed by atoms with Gasteiger partial charge in [0.2, 0.25) is 0 Å². The summed E-state index contributed by atoms with van der Waals surface area (Å²) < 4.78 is 5.38. The number of carboxylic acids is 1. The highest BCUT2D eigenvalue weighted by molar-refractivity contribution is 5.72. The Labute approximate surface area is 122 Å². The fourth-order valence-electron chi connectivity index (χ4n) is 2.32. The van der Waals surface area contributed by atoms with Crippen molar-refractivity contribution >= 4 is 11.7 Å². The predicted octanol–water partition coefficient (Wildman–Crippen LogP) is 1.36. The van der Waals surface area contributed by atoms with Crippen LogP contribution in [0.25, 0.3) is 0 Å². The van der Waals surface area contributed by atoms with Gasteiger partial charge in [0.15, 0.2) is 6.10 Å². The van der Waals surface area contributed by atoms with E-state index in [1.807, 2.05) is 0 Å². The summed E-state index contributed by atoms with van der Waals surface area (Å²) in [7, 11) is 0. The Hall–Kier alpha value is -1.99. The zero-order chi connectivity index (χ0) is 15.2. The van der Waals surface area contributed by atoms with Gasteiger partial charge in [-0.3, -0.25) is 10.1 Å². The van der Waals surface area contributed by atoms with E-state index < -0.39 is 17.0 Å². The third-order valence-electron chi connectivity index (χ3n) is 3.49. The molecule has 1 aromatic carbocycles. The van der Waals surface area contributed by atoms with Gasteiger partial charge in [0, 0.05) is 18.7 Å². The molecule has 0 aromatic heterocycles. The summed E-state index contributed by atoms with van der Waals surface area (Å²) in [4.78, 5) is 20.9. The molecular formula is C14H18N2O5. The standard InChI is InChI=1S/C14H18N2O5/c17-14(18)13-6-5-12(21-13)9-15-8-7-10-1-3-11(4-2-10)16(19)20/h1-4,12-13,15H,5-9H2,(H,17,18). The lowest BCUT2D eigenvalue weighted by molar-refractivity contribution is -0.384. The normalized spacial score (nSPS) is 21.3. The monoisotopic (exact) mass is 294 g/mol. The number of benzene rings is 1. The summed E-state index contributed by atoms with van der Waals surface area (Å²) in [6.07, 6.45) is 1.34. The van der Waals surface area contributed by atoms with Crippen LogP contribution < -0.4 is 5.32 Å². The van der Waals surface area contributed by atoms with Gasteiger partial charge in [-0.05, 0) is 31.4 Å². The molecule has 2 N–H and O–H groups in total. The molecule has 21 heavy (non-hydrogen) atoms. The van der Waals surface area contributed by atoms with Gasteiger partial charge in [0.05, 0.1) is 11.0 Å². The molecule has 1 saturated heterocycles. The van der Waals surface area contributed by atoms with E-state index in [1.54, 1.807) is 12.1 Å². The molecule has 1 aliphatic rings. The molecular weight excluding hydrogens is 276 g/mol. The number of hydrogen-bond donors (Lipinski definition) is 2. The number of nitrogens with one attached hydrogen (secondary N) is 1. The Bertz CT molecular complexity index is 503. The van der Waals surface area contributed by atoms with Gasteiger partial charge in [-0.2, -0.15) is 0 Å². The number of nitrogens with zero attached hydrogens (tertiary/aromatic N) is 1. The number of hydrogen-bond acceptors (Lipinski definition) is 5. The van der Waals surface area contributed by atoms with E-state index in [9.17, 15) is 14.9 Å². The highest BCUT2D eigenvalue weighted by Gasteiger charge is 2.29. The zero-order valence-corrected chi connectivity index (χ0v) is 11.5. The average molecular weight is 294 g/mol. The van der Waals surface area contributed by atoms with Crippen molar-refractivity contribution in [3.05, 3.63) is 39.9 Å². The van der Waals surface area contributed by atoms with Gasteiger partial charge in [-0.15, -0.1) is 0 Å². The highest BCUT2D eigenvalue weighted by Crippen LogP contribution is 2.19. The molecule has 2 unspecified atom stereocenters. The molecule has 114 valence electrons. The summed E-state index contributed by atoms with van der Waals surface area (Å²) in [5, 5.41) is 22.6. The lowest BCUT2D eigenvalue weighted by atomic mass is 10.1. The molecule has 0 amide bonds. The second-order valence-electron chi connectivity index (χ2n) is 5.04. The molecule has 0 bridgehead atoms. The van der Waals surface area contributed by atoms with E-state index in [-0.39, 0.29) is 11.8 Å². The second kappa shape index (κ2) is 7.14. The Balaban J connectivity index is 1.66. The van der Waals surface area contributed by atoms with Crippen molar-refractivity contribution in [2.24, 2.45) is 0 Å². The van der Waals surface area contributed by atoms with E-state index in [2.05, 4.69) is 5.32 Å². The molecule has 7 heteroatoms. The van der Waals surface area contributed by atoms with Gasteiger partial charge in [0.1, 0.15) is 0 Å². The van der Waals surface area contributed by atoms with Crippen molar-refractivity contribution in [1.29, 1.82) is 0 Å². The number of non-ortho nitro benzene ring substituents is 1. The van der Waals surface area contributed by atoms with Gasteiger partial charge in [0.25, 0.3) is 5.69 Å². The molecule has 2 atom stereocenters. The molecule has 0 spiro atoms. The third-order valence-corrected chi connectivity index (χ3v) is 3.49. The number of carbonyl (C=O) groups is 1. The van der Waals surface area contributed by atoms with Crippen LogP contribution in [0, 0.1) is 10.1 Å². The van der Waals surface area contributed by atoms with E-state index in [1.165, 1.54) is 12.1 Å². The van der Waals surface area contributed by atoms with Gasteiger partial charge < -0.3 is 15.2 Å². The molecule has 1 aliphatic heterocycles. The van der Waals surface area contributed by atoms with Crippen LogP contribution in [0.2, 0.25) is 0 Å². The minimum absolute atomic E-state index is 0.0528. The van der Waals surface area contributed by atoms with Crippen LogP contribution in [0.3, 0.4) is 0 Å². The topological polar surface area (TPSA) is 102 Å². The fourth-order valence-corrected chi connectivity index (χ4v) is 2.32. The Kier molecular flexibility index (Phi) is 5.24. The SMILES string of the molecule is O=C(O)C1CCC(CNCCc2ccc([N+](=O)[O-])cc2)O1. The molecule has 0 radical (unpaired) electrons. The van der Waals surface area contributed by atoms with Gasteiger partial charge >= 0.3 is 5.97 Å². The number of nitro benzene ring substituents is 1. The van der Waals surface area contributed by atoms with Crippen molar-refractivity contribution in [1.82, 2.24) is 5.32 Å². The van der Waals surface area contributed by atoms with Crippen LogP contribution in [0.15, 0.2) is 24.3 Å². The molecule has 1 heterocycles. The maximum absolute atomic E-state index is 10.7. The Morgan fingerprint density at radius 2 is 2.10 bits per heavy atom. The van der Waals surface area contributed by atoms with Crippen molar-refractivity contribution in [3.63, 3.8) is 0 Å². The van der Waals surface area contributed by atoms with Crippen molar-refractivity contribution < 1.29 is 19.6 Å². The Morgan fingerprint density at radius 1 is 1.38 bits per heavy atom. The minimum atomic E-state index is -0.900. The average Bonchev–Trinajstić information content (AvgIpc) is 2.93. The van der Waals surface area contributed by atoms with E-state index in [0.29, 0.717) is 13.0 Å². The van der Waals surface area contributed by atoms with E-state index in [0.717, 1.165) is 24.9 Å². The highest BCUT2D eigenvalue weighted by atomic mass is 16.6. The van der Waals surface area contributed by atoms with Crippen LogP contribution >= 0.6 is 0 Å². The zero-order valence-electron chi connectivity index (χ0n) is 11.5. The van der Waals surface area contributed by atoms with Crippen LogP contribution in [0.1, 0.15) is 18.4 Å². The summed E-state index contributed by atoms with van der Waals surface area (Å²) in [5.74, 6) is -0.900. The smallest absolute Gasteiger partial charge is 0.332 e. The molecule has 1 fully saturated rings. The number of aliphatic carboxylic acids is 1. The first-order chi connectivity index (χ1) is 10.1. The van der Waals surface area contributed by atoms with Crippen molar-refractivity contribution in [2.45, 2.75) is 31.5 Å². The first-order valence-corrected chi connectivity index (χ1v) is 6.88. The number of carboxylic acid groups (broad SMARTS) is 1. The lowest BCUT2D eigenvalue weighted by Crippen LogP contribution is -2.30. The molecule has 1 aromatic rings. The van der Waals surface area contributed by atoms with Gasteiger partial charge in [-0.25, -0.2) is 4.79 Å². The molecule has 7 nitrogen and oxygen atoms in total. The predicted molar refractivity (Wildman–Crippen MR) is 75.2 cm³/mol. The Morgan fingerprint density at radius 3 is 2.67 bits per heavy atom. The first kappa shape index (κ1) is 15.4. The first-order valence-electron chi connectivity index (χ1n) is 6.88. The van der Waals surface area contributed by atoms with Crippen LogP contribution in [-0.4, -0.2) is 41.3 Å². The summed E-state index contributed by atoms with van der Waals surface area (Å²) in [6.45, 7) is 1.34. The molecule has 2 rings (SSSR count). The maximum Gasteiger partial charge on any atom is 0.332 e. The summed E-state index contributed by atoms with van der Waals surface area (Å²) in [5.41, 5.74) is 1.11. The van der Waals surface area contributed by atoms with Crippen LogP contribution in [0.4, 0.5) is 5.69 Å². The fraction of sp³-hybridized carbons (Fsp3) is 0.500. The van der Waals surface area contributed by atoms with E-state index in [4.69, 9.17) is 9.84 Å². The third kappa shape index (κ3) is 4.51. The summed E-state index contributed by atoms with van der Waals surface area (Å²) >= 11 is 0. The van der Waals surface area contributed by atoms with Crippen LogP contribution in [0.5, 0.6) is 0 Å². The lowest BCUT2D eigenvalue weighted by Gasteiger charge is -2.12. The molecule has 0 saturated carbocycles. The minimum Gasteiger partial charge on any atom is -0.479 e. The second-order valence-corrected chi connectivity index (χ2v) is 5.04. The largest absolute Gasteiger partial charge is 0.479 e. The van der Waals surface area contributed by atoms with Gasteiger partial charge in [-0.1, -0.05) is 12.1 Å². The van der Waals surface area contributed by atoms with Crippen molar-refractivity contribution in [3.8, 4) is 0 Å². The van der Waals surface area contributed by atoms with Crippen molar-refractivity contribution in [2.75, 3.05) is 13.1 Å².